The molecule has 1 aliphatic heterocycles. The number of alkyl halides is 3. The van der Waals surface area contributed by atoms with Gasteiger partial charge in [0.05, 0.1) is 28.3 Å². The molecule has 1 atom stereocenters. The quantitative estimate of drug-likeness (QED) is 0.490. The molecule has 39 heavy (non-hydrogen) atoms. The first kappa shape index (κ1) is 28.8. The Labute approximate surface area is 229 Å². The molecule has 1 fully saturated rings. The van der Waals surface area contributed by atoms with Crippen LogP contribution in [0.3, 0.4) is 0 Å². The fraction of sp³-hybridized carbons (Fsp3) is 0.429. The Hall–Kier alpha value is -3.24. The number of nitrogens with one attached hydrogen (secondary N) is 3. The van der Waals surface area contributed by atoms with Crippen LogP contribution < -0.4 is 15.6 Å². The van der Waals surface area contributed by atoms with E-state index >= 15 is 0 Å². The Morgan fingerprint density at radius 1 is 1.05 bits per heavy atom. The minimum atomic E-state index is -4.22. The summed E-state index contributed by atoms with van der Waals surface area (Å²) in [6.45, 7) is 5.63. The molecule has 3 N–H and O–H groups in total. The number of amides is 3. The highest BCUT2D eigenvalue weighted by molar-refractivity contribution is 6.34. The van der Waals surface area contributed by atoms with Gasteiger partial charge in [0.25, 0.3) is 5.91 Å². The summed E-state index contributed by atoms with van der Waals surface area (Å²) >= 11 is 6.28. The molecule has 1 saturated carbocycles. The van der Waals surface area contributed by atoms with Gasteiger partial charge in [-0.25, -0.2) is 4.79 Å². The van der Waals surface area contributed by atoms with E-state index in [-0.39, 0.29) is 65.7 Å². The van der Waals surface area contributed by atoms with Crippen LogP contribution in [0.4, 0.5) is 18.9 Å². The molecule has 11 heteroatoms. The maximum absolute atomic E-state index is 13.3. The topological polar surface area (TPSA) is 92.1 Å². The Kier molecular flexibility index (Phi) is 8.18. The molecule has 3 amide bonds. The summed E-state index contributed by atoms with van der Waals surface area (Å²) in [4.78, 5) is 38.5. The van der Waals surface area contributed by atoms with Gasteiger partial charge in [0.1, 0.15) is 6.04 Å². The fourth-order valence-electron chi connectivity index (χ4n) is 4.77. The second kappa shape index (κ2) is 11.1. The van der Waals surface area contributed by atoms with Crippen molar-refractivity contribution in [3.05, 3.63) is 63.7 Å². The molecule has 2 aliphatic rings. The summed E-state index contributed by atoms with van der Waals surface area (Å²) in [7, 11) is 0. The van der Waals surface area contributed by atoms with Gasteiger partial charge in [-0.15, -0.1) is 5.01 Å². The number of rotatable bonds is 5. The molecule has 7 nitrogen and oxygen atoms in total. The molecule has 2 aromatic carbocycles. The van der Waals surface area contributed by atoms with Crippen molar-refractivity contribution in [2.75, 3.05) is 5.32 Å². The van der Waals surface area contributed by atoms with Gasteiger partial charge < -0.3 is 10.6 Å². The van der Waals surface area contributed by atoms with E-state index in [4.69, 9.17) is 11.6 Å². The summed E-state index contributed by atoms with van der Waals surface area (Å²) < 4.78 is 39.2. The molecule has 0 aromatic heterocycles. The monoisotopic (exact) mass is 563 g/mol. The molecule has 0 bridgehead atoms. The number of benzene rings is 2. The Morgan fingerprint density at radius 3 is 2.38 bits per heavy atom. The van der Waals surface area contributed by atoms with Gasteiger partial charge in [-0.05, 0) is 42.7 Å². The number of nitrogens with zero attached hydrogens (tertiary/aromatic N) is 1. The van der Waals surface area contributed by atoms with Crippen molar-refractivity contribution in [1.29, 1.82) is 0 Å². The minimum Gasteiger partial charge on any atom is -0.352 e. The van der Waals surface area contributed by atoms with Gasteiger partial charge in [0.2, 0.25) is 5.91 Å². The van der Waals surface area contributed by atoms with Crippen molar-refractivity contribution in [2.45, 2.75) is 65.2 Å². The van der Waals surface area contributed by atoms with Crippen LogP contribution in [0.25, 0.3) is 0 Å². The van der Waals surface area contributed by atoms with Crippen LogP contribution in [0.2, 0.25) is 5.02 Å². The van der Waals surface area contributed by atoms with E-state index in [0.29, 0.717) is 22.4 Å². The average molecular weight is 564 g/mol. The number of anilines is 1. The molecule has 1 aliphatic carbocycles. The van der Waals surface area contributed by atoms with E-state index in [2.05, 4.69) is 15.7 Å². The van der Waals surface area contributed by atoms with Crippen LogP contribution in [0.5, 0.6) is 0 Å². The number of carbonyl (C=O) groups is 3. The number of halogens is 4. The fourth-order valence-corrected chi connectivity index (χ4v) is 4.97. The molecule has 0 radical (unpaired) electrons. The summed E-state index contributed by atoms with van der Waals surface area (Å²) in [5, 5.41) is 10.4. The lowest BCUT2D eigenvalue weighted by Crippen LogP contribution is -3.14. The van der Waals surface area contributed by atoms with Gasteiger partial charge >= 0.3 is 12.1 Å². The number of hydrogen-bond donors (Lipinski definition) is 3. The molecule has 1 unspecified atom stereocenters. The highest BCUT2D eigenvalue weighted by atomic mass is 35.5. The van der Waals surface area contributed by atoms with E-state index in [0.717, 1.165) is 0 Å². The second-order valence-corrected chi connectivity index (χ2v) is 11.5. The van der Waals surface area contributed by atoms with Gasteiger partial charge in [-0.2, -0.15) is 13.2 Å². The molecule has 208 valence electrons. The molecule has 1 heterocycles. The minimum absolute atomic E-state index is 0.0247. The van der Waals surface area contributed by atoms with E-state index in [1.54, 1.807) is 63.4 Å². The van der Waals surface area contributed by atoms with Crippen molar-refractivity contribution in [2.24, 2.45) is 16.4 Å². The zero-order valence-electron chi connectivity index (χ0n) is 21.9. The second-order valence-electron chi connectivity index (χ2n) is 11.1. The SMILES string of the molecule is CC(C)(C)C(=O)NCc1ccc(Cl)c(C(=O)Nc2ccc3c(c2)C(=O)[NH+](C2CCC(C(F)(F)F)CC2)N=C3)c1. The Bertz CT molecular complexity index is 1310. The van der Waals surface area contributed by atoms with Gasteiger partial charge in [-0.3, -0.25) is 9.59 Å². The zero-order valence-corrected chi connectivity index (χ0v) is 22.7. The van der Waals surface area contributed by atoms with Crippen molar-refractivity contribution in [3.8, 4) is 0 Å². The number of fused-ring (bicyclic) bond motifs is 1. The van der Waals surface area contributed by atoms with Gasteiger partial charge in [-0.1, -0.05) is 49.6 Å². The highest BCUT2D eigenvalue weighted by Gasteiger charge is 2.45. The average Bonchev–Trinajstić information content (AvgIpc) is 2.87. The smallest absolute Gasteiger partial charge is 0.352 e. The van der Waals surface area contributed by atoms with Crippen LogP contribution >= 0.6 is 11.6 Å². The standard InChI is InChI=1S/C28H30ClF3N4O3/c1-27(2,3)26(39)33-14-16-4-11-23(29)22(12-16)24(37)35-19-8-5-17-15-34-36(25(38)21(17)13-19)20-9-6-18(7-10-20)28(30,31)32/h4-5,8,11-13,15,18,20H,6-7,9-10,14H2,1-3H3,(H,33,39)(H,35,37)/p+1. The van der Waals surface area contributed by atoms with Gasteiger partial charge in [0.15, 0.2) is 0 Å². The van der Waals surface area contributed by atoms with E-state index in [9.17, 15) is 27.6 Å². The number of carbonyl (C=O) groups excluding carboxylic acids is 3. The first-order valence-corrected chi connectivity index (χ1v) is 13.2. The molecule has 4 rings (SSSR count). The number of quaternary nitrogens is 1. The predicted octanol–water partition coefficient (Wildman–Crippen LogP) is 4.75. The van der Waals surface area contributed by atoms with Crippen LogP contribution in [0, 0.1) is 11.3 Å². The van der Waals surface area contributed by atoms with Gasteiger partial charge in [0, 0.05) is 36.1 Å². The lowest BCUT2D eigenvalue weighted by atomic mass is 9.85. The summed E-state index contributed by atoms with van der Waals surface area (Å²) in [6, 6.07) is 9.40. The van der Waals surface area contributed by atoms with Crippen molar-refractivity contribution >= 4 is 41.2 Å². The molecular weight excluding hydrogens is 533 g/mol. The molecule has 2 aromatic rings. The van der Waals surface area contributed by atoms with E-state index < -0.39 is 23.4 Å². The third-order valence-corrected chi connectivity index (χ3v) is 7.45. The van der Waals surface area contributed by atoms with E-state index in [1.807, 2.05) is 0 Å². The third-order valence-electron chi connectivity index (χ3n) is 7.12. The third kappa shape index (κ3) is 6.67. The van der Waals surface area contributed by atoms with Crippen LogP contribution in [-0.4, -0.2) is 36.2 Å². The molecule has 0 saturated heterocycles. The summed E-state index contributed by atoms with van der Waals surface area (Å²) in [5.74, 6) is -2.30. The molecular formula is C28H31ClF3N4O3+. The Morgan fingerprint density at radius 2 is 1.74 bits per heavy atom. The predicted molar refractivity (Wildman–Crippen MR) is 142 cm³/mol. The van der Waals surface area contributed by atoms with Crippen molar-refractivity contribution in [3.63, 3.8) is 0 Å². The van der Waals surface area contributed by atoms with E-state index in [1.165, 1.54) is 0 Å². The molecule has 0 spiro atoms. The largest absolute Gasteiger partial charge is 0.391 e. The van der Waals surface area contributed by atoms with Crippen molar-refractivity contribution in [1.82, 2.24) is 5.32 Å². The lowest BCUT2D eigenvalue weighted by molar-refractivity contribution is -0.851. The lowest BCUT2D eigenvalue weighted by Gasteiger charge is -2.31. The number of hydrogen-bond acceptors (Lipinski definition) is 4. The summed E-state index contributed by atoms with van der Waals surface area (Å²) in [6.07, 6.45) is -2.23. The van der Waals surface area contributed by atoms with Crippen molar-refractivity contribution < 1.29 is 32.6 Å². The normalized spacial score (nSPS) is 21.3. The summed E-state index contributed by atoms with van der Waals surface area (Å²) in [5.41, 5.74) is 1.61. The highest BCUT2D eigenvalue weighted by Crippen LogP contribution is 2.37. The first-order chi connectivity index (χ1) is 18.2. The zero-order chi connectivity index (χ0) is 28.5. The first-order valence-electron chi connectivity index (χ1n) is 12.8. The maximum atomic E-state index is 13.3. The maximum Gasteiger partial charge on any atom is 0.391 e. The van der Waals surface area contributed by atoms with Crippen LogP contribution in [0.1, 0.15) is 78.3 Å². The van der Waals surface area contributed by atoms with Crippen LogP contribution in [-0.2, 0) is 11.3 Å². The Balaban J connectivity index is 1.45. The van der Waals surface area contributed by atoms with Crippen LogP contribution in [0.15, 0.2) is 41.5 Å².